The van der Waals surface area contributed by atoms with Gasteiger partial charge in [-0.25, -0.2) is 4.98 Å². The Hall–Kier alpha value is -0.450. The molecule has 0 aliphatic heterocycles. The maximum atomic E-state index is 5.25. The molecule has 0 aromatic carbocycles. The Morgan fingerprint density at radius 3 is 2.67 bits per heavy atom. The lowest BCUT2D eigenvalue weighted by Crippen LogP contribution is -2.35. The van der Waals surface area contributed by atoms with E-state index in [1.54, 1.807) is 7.11 Å². The first-order chi connectivity index (χ1) is 8.48. The van der Waals surface area contributed by atoms with E-state index in [4.69, 9.17) is 9.72 Å². The van der Waals surface area contributed by atoms with Crippen LogP contribution in [0, 0.1) is 5.92 Å². The van der Waals surface area contributed by atoms with Crippen LogP contribution in [-0.2, 0) is 24.3 Å². The summed E-state index contributed by atoms with van der Waals surface area (Å²) < 4.78 is 5.25. The van der Waals surface area contributed by atoms with Crippen molar-refractivity contribution >= 4 is 11.3 Å². The lowest BCUT2D eigenvalue weighted by molar-refractivity contribution is 0.181. The SMILES string of the molecule is COCc1nc(CC2CC2)sc1CNC(C)(C)C. The van der Waals surface area contributed by atoms with Gasteiger partial charge in [0.1, 0.15) is 0 Å². The molecule has 0 radical (unpaired) electrons. The summed E-state index contributed by atoms with van der Waals surface area (Å²) in [5.41, 5.74) is 1.26. The fourth-order valence-corrected chi connectivity index (χ4v) is 2.95. The molecule has 1 saturated carbocycles. The van der Waals surface area contributed by atoms with Crippen LogP contribution in [0.15, 0.2) is 0 Å². The van der Waals surface area contributed by atoms with Gasteiger partial charge in [0.15, 0.2) is 0 Å². The van der Waals surface area contributed by atoms with Crippen molar-refractivity contribution in [1.29, 1.82) is 0 Å². The number of hydrogen-bond donors (Lipinski definition) is 1. The average Bonchev–Trinajstić information content (AvgIpc) is 2.98. The summed E-state index contributed by atoms with van der Waals surface area (Å²) in [6.07, 6.45) is 3.93. The van der Waals surface area contributed by atoms with Crippen LogP contribution in [0.1, 0.15) is 49.2 Å². The first-order valence-electron chi connectivity index (χ1n) is 6.69. The molecule has 4 heteroatoms. The molecule has 1 fully saturated rings. The van der Waals surface area contributed by atoms with Crippen molar-refractivity contribution in [1.82, 2.24) is 10.3 Å². The molecule has 0 amide bonds. The quantitative estimate of drug-likeness (QED) is 0.860. The van der Waals surface area contributed by atoms with Crippen LogP contribution < -0.4 is 5.32 Å². The van der Waals surface area contributed by atoms with E-state index in [0.29, 0.717) is 6.61 Å². The Kier molecular flexibility index (Phi) is 4.41. The first kappa shape index (κ1) is 14.0. The van der Waals surface area contributed by atoms with Crippen LogP contribution in [0.2, 0.25) is 0 Å². The fourth-order valence-electron chi connectivity index (χ4n) is 1.83. The minimum atomic E-state index is 0.144. The molecule has 2 rings (SSSR count). The van der Waals surface area contributed by atoms with E-state index in [1.807, 2.05) is 11.3 Å². The maximum absolute atomic E-state index is 5.25. The third-order valence-electron chi connectivity index (χ3n) is 3.04. The van der Waals surface area contributed by atoms with Gasteiger partial charge in [-0.15, -0.1) is 11.3 Å². The van der Waals surface area contributed by atoms with Crippen molar-refractivity contribution < 1.29 is 4.74 Å². The molecule has 0 spiro atoms. The third kappa shape index (κ3) is 4.34. The largest absolute Gasteiger partial charge is 0.378 e. The molecule has 0 atom stereocenters. The summed E-state index contributed by atoms with van der Waals surface area (Å²) >= 11 is 1.85. The Balaban J connectivity index is 2.02. The zero-order valence-electron chi connectivity index (χ0n) is 11.9. The van der Waals surface area contributed by atoms with Gasteiger partial charge in [0.2, 0.25) is 0 Å². The minimum absolute atomic E-state index is 0.144. The van der Waals surface area contributed by atoms with Gasteiger partial charge in [-0.3, -0.25) is 0 Å². The average molecular weight is 268 g/mol. The van der Waals surface area contributed by atoms with Crippen molar-refractivity contribution in [2.45, 2.75) is 58.7 Å². The minimum Gasteiger partial charge on any atom is -0.378 e. The molecule has 0 bridgehead atoms. The van der Waals surface area contributed by atoms with Crippen LogP contribution in [0.25, 0.3) is 0 Å². The van der Waals surface area contributed by atoms with Gasteiger partial charge in [0, 0.05) is 30.5 Å². The molecule has 0 saturated heterocycles. The molecule has 1 aromatic heterocycles. The second-order valence-electron chi connectivity index (χ2n) is 6.16. The van der Waals surface area contributed by atoms with Crippen molar-refractivity contribution in [3.63, 3.8) is 0 Å². The predicted octanol–water partition coefficient (Wildman–Crippen LogP) is 3.13. The summed E-state index contributed by atoms with van der Waals surface area (Å²) in [6.45, 7) is 8.09. The third-order valence-corrected chi connectivity index (χ3v) is 4.16. The number of aromatic nitrogens is 1. The Bertz CT molecular complexity index is 391. The summed E-state index contributed by atoms with van der Waals surface area (Å²) in [5, 5.41) is 4.82. The van der Waals surface area contributed by atoms with Crippen LogP contribution in [0.3, 0.4) is 0 Å². The van der Waals surface area contributed by atoms with Gasteiger partial charge >= 0.3 is 0 Å². The number of nitrogens with zero attached hydrogens (tertiary/aromatic N) is 1. The number of rotatable bonds is 6. The van der Waals surface area contributed by atoms with Gasteiger partial charge in [-0.05, 0) is 39.5 Å². The zero-order chi connectivity index (χ0) is 13.2. The van der Waals surface area contributed by atoms with Crippen LogP contribution in [0.5, 0.6) is 0 Å². The predicted molar refractivity (Wildman–Crippen MR) is 75.8 cm³/mol. The first-order valence-corrected chi connectivity index (χ1v) is 7.51. The molecule has 1 aliphatic carbocycles. The maximum Gasteiger partial charge on any atom is 0.0935 e. The van der Waals surface area contributed by atoms with E-state index in [2.05, 4.69) is 26.1 Å². The molecule has 102 valence electrons. The van der Waals surface area contributed by atoms with Crippen molar-refractivity contribution in [3.05, 3.63) is 15.6 Å². The van der Waals surface area contributed by atoms with Gasteiger partial charge in [-0.1, -0.05) is 0 Å². The highest BCUT2D eigenvalue weighted by atomic mass is 32.1. The highest BCUT2D eigenvalue weighted by molar-refractivity contribution is 7.11. The standard InChI is InChI=1S/C14H24N2OS/c1-14(2,3)15-8-12-11(9-17-4)16-13(18-12)7-10-5-6-10/h10,15H,5-9H2,1-4H3. The second-order valence-corrected chi connectivity index (χ2v) is 7.33. The van der Waals surface area contributed by atoms with Crippen LogP contribution in [-0.4, -0.2) is 17.6 Å². The summed E-state index contributed by atoms with van der Waals surface area (Å²) in [5.74, 6) is 0.898. The fraction of sp³-hybridized carbons (Fsp3) is 0.786. The van der Waals surface area contributed by atoms with Gasteiger partial charge in [-0.2, -0.15) is 0 Å². The summed E-state index contributed by atoms with van der Waals surface area (Å²) in [6, 6.07) is 0. The lowest BCUT2D eigenvalue weighted by Gasteiger charge is -2.20. The Morgan fingerprint density at radius 2 is 2.11 bits per heavy atom. The molecular formula is C14H24N2OS. The molecule has 18 heavy (non-hydrogen) atoms. The number of methoxy groups -OCH3 is 1. The van der Waals surface area contributed by atoms with E-state index < -0.39 is 0 Å². The Morgan fingerprint density at radius 1 is 1.39 bits per heavy atom. The molecule has 1 aromatic rings. The normalized spacial score (nSPS) is 16.2. The molecule has 1 heterocycles. The molecule has 3 nitrogen and oxygen atoms in total. The smallest absolute Gasteiger partial charge is 0.0935 e. The lowest BCUT2D eigenvalue weighted by atomic mass is 10.1. The van der Waals surface area contributed by atoms with Crippen LogP contribution in [0.4, 0.5) is 0 Å². The van der Waals surface area contributed by atoms with E-state index in [1.165, 1.54) is 22.7 Å². The number of thiazole rings is 1. The topological polar surface area (TPSA) is 34.1 Å². The molecular weight excluding hydrogens is 244 g/mol. The van der Waals surface area contributed by atoms with Gasteiger partial charge in [0.25, 0.3) is 0 Å². The Labute approximate surface area is 114 Å². The monoisotopic (exact) mass is 268 g/mol. The van der Waals surface area contributed by atoms with E-state index in [-0.39, 0.29) is 5.54 Å². The van der Waals surface area contributed by atoms with E-state index in [9.17, 15) is 0 Å². The van der Waals surface area contributed by atoms with Crippen molar-refractivity contribution in [2.75, 3.05) is 7.11 Å². The van der Waals surface area contributed by atoms with Crippen molar-refractivity contribution in [3.8, 4) is 0 Å². The highest BCUT2D eigenvalue weighted by Crippen LogP contribution is 2.34. The van der Waals surface area contributed by atoms with Crippen LogP contribution >= 0.6 is 11.3 Å². The highest BCUT2D eigenvalue weighted by Gasteiger charge is 2.24. The molecule has 1 N–H and O–H groups in total. The molecule has 0 unspecified atom stereocenters. The van der Waals surface area contributed by atoms with Gasteiger partial charge in [0.05, 0.1) is 17.3 Å². The van der Waals surface area contributed by atoms with E-state index in [0.717, 1.165) is 24.6 Å². The zero-order valence-corrected chi connectivity index (χ0v) is 12.7. The van der Waals surface area contributed by atoms with Crippen molar-refractivity contribution in [2.24, 2.45) is 5.92 Å². The number of hydrogen-bond acceptors (Lipinski definition) is 4. The number of ether oxygens (including phenoxy) is 1. The number of nitrogens with one attached hydrogen (secondary N) is 1. The summed E-state index contributed by atoms with van der Waals surface area (Å²) in [4.78, 5) is 6.07. The molecule has 1 aliphatic rings. The van der Waals surface area contributed by atoms with Gasteiger partial charge < -0.3 is 10.1 Å². The van der Waals surface area contributed by atoms with E-state index >= 15 is 0 Å². The second kappa shape index (κ2) is 5.68. The summed E-state index contributed by atoms with van der Waals surface area (Å²) in [7, 11) is 1.74.